The first-order chi connectivity index (χ1) is 14.4. The summed E-state index contributed by atoms with van der Waals surface area (Å²) in [6.45, 7) is 1.66. The molecule has 0 aliphatic carbocycles. The van der Waals surface area contributed by atoms with Crippen molar-refractivity contribution in [3.8, 4) is 5.75 Å². The lowest BCUT2D eigenvalue weighted by molar-refractivity contribution is 0.256. The zero-order valence-corrected chi connectivity index (χ0v) is 15.3. The number of nitrogen functional groups attached to an aromatic ring is 2. The van der Waals surface area contributed by atoms with Crippen molar-refractivity contribution in [2.45, 2.75) is 18.8 Å². The zero-order valence-electron chi connectivity index (χ0n) is 15.3. The van der Waals surface area contributed by atoms with Gasteiger partial charge in [-0.1, -0.05) is 0 Å². The largest absolute Gasteiger partial charge is 0.486 e. The first kappa shape index (κ1) is 20.3. The Kier molecular flexibility index (Phi) is 5.59. The van der Waals surface area contributed by atoms with Gasteiger partial charge in [0.05, 0.1) is 5.69 Å². The Morgan fingerprint density at radius 2 is 1.63 bits per heavy atom. The maximum absolute atomic E-state index is 10.7. The number of epoxide rings is 1. The van der Waals surface area contributed by atoms with E-state index >= 15 is 0 Å². The third kappa shape index (κ3) is 4.50. The van der Waals surface area contributed by atoms with Crippen LogP contribution in [-0.4, -0.2) is 51.6 Å². The van der Waals surface area contributed by atoms with Gasteiger partial charge in [-0.25, -0.2) is 14.4 Å². The van der Waals surface area contributed by atoms with Gasteiger partial charge in [-0.3, -0.25) is 0 Å². The molecule has 2 heterocycles. The summed E-state index contributed by atoms with van der Waals surface area (Å²) in [6.07, 6.45) is 3.54. The Morgan fingerprint density at radius 1 is 1.07 bits per heavy atom. The van der Waals surface area contributed by atoms with Crippen molar-refractivity contribution in [1.82, 2.24) is 15.0 Å². The molecule has 14 heteroatoms. The lowest BCUT2D eigenvalue weighted by Gasteiger charge is -2.12. The SMILES string of the molecule is C[C@@]1(Nc2nc(N)nc(N)n2)OC1COc1c(N=C=O)cc(N=C=O)cc1N=C=O. The van der Waals surface area contributed by atoms with Gasteiger partial charge in [0.15, 0.2) is 11.5 Å². The van der Waals surface area contributed by atoms with Crippen molar-refractivity contribution >= 4 is 53.1 Å². The quantitative estimate of drug-likeness (QED) is 0.309. The average Bonchev–Trinajstić information content (AvgIpc) is 3.30. The van der Waals surface area contributed by atoms with E-state index in [4.69, 9.17) is 20.9 Å². The van der Waals surface area contributed by atoms with Gasteiger partial charge in [-0.2, -0.15) is 29.9 Å². The number of aromatic nitrogens is 3. The fraction of sp³-hybridized carbons (Fsp3) is 0.250. The summed E-state index contributed by atoms with van der Waals surface area (Å²) in [6, 6.07) is 2.52. The minimum absolute atomic E-state index is 0.0296. The van der Waals surface area contributed by atoms with Gasteiger partial charge in [0.25, 0.3) is 0 Å². The number of isocyanates is 3. The minimum Gasteiger partial charge on any atom is -0.486 e. The molecule has 2 aromatic rings. The van der Waals surface area contributed by atoms with E-state index in [1.807, 2.05) is 0 Å². The number of anilines is 3. The van der Waals surface area contributed by atoms with Gasteiger partial charge < -0.3 is 26.3 Å². The van der Waals surface area contributed by atoms with Crippen LogP contribution in [0.2, 0.25) is 0 Å². The predicted octanol–water partition coefficient (Wildman–Crippen LogP) is 0.544. The molecule has 1 aliphatic heterocycles. The van der Waals surface area contributed by atoms with E-state index in [0.717, 1.165) is 0 Å². The standard InChI is InChI=1S/C16H13N9O5/c1-16(25-15-23-13(17)22-14(18)24-15)11(30-16)4-29-12-9(20-6-27)2-8(19-5-26)3-10(12)21-7-28/h2-3,11H,4H2,1H3,(H5,17,18,22,23,24,25)/t11?,16-/m1/s1. The van der Waals surface area contributed by atoms with Crippen LogP contribution in [0.4, 0.5) is 34.9 Å². The third-order valence-electron chi connectivity index (χ3n) is 3.89. The second kappa shape index (κ2) is 8.27. The summed E-state index contributed by atoms with van der Waals surface area (Å²) in [5.41, 5.74) is 10.1. The number of nitrogens with two attached hydrogens (primary N) is 2. The highest BCUT2D eigenvalue weighted by atomic mass is 16.6. The van der Waals surface area contributed by atoms with E-state index < -0.39 is 11.8 Å². The highest BCUT2D eigenvalue weighted by Crippen LogP contribution is 2.43. The molecule has 1 aliphatic rings. The zero-order chi connectivity index (χ0) is 21.7. The normalized spacial score (nSPS) is 18.9. The second-order valence-electron chi connectivity index (χ2n) is 5.95. The Bertz CT molecular complexity index is 1080. The molecule has 0 saturated carbocycles. The molecule has 0 amide bonds. The van der Waals surface area contributed by atoms with E-state index in [1.165, 1.54) is 30.4 Å². The van der Waals surface area contributed by atoms with E-state index in [2.05, 4.69) is 35.2 Å². The molecule has 5 N–H and O–H groups in total. The van der Waals surface area contributed by atoms with E-state index in [9.17, 15) is 14.4 Å². The number of benzene rings is 1. The molecule has 152 valence electrons. The Labute approximate surface area is 167 Å². The number of nitrogens with one attached hydrogen (secondary N) is 1. The van der Waals surface area contributed by atoms with Crippen molar-refractivity contribution in [3.63, 3.8) is 0 Å². The van der Waals surface area contributed by atoms with Crippen LogP contribution in [0.1, 0.15) is 6.92 Å². The van der Waals surface area contributed by atoms with Gasteiger partial charge in [-0.05, 0) is 19.1 Å². The Balaban J connectivity index is 1.79. The van der Waals surface area contributed by atoms with Gasteiger partial charge in [-0.15, -0.1) is 0 Å². The highest BCUT2D eigenvalue weighted by Gasteiger charge is 2.54. The maximum atomic E-state index is 10.7. The van der Waals surface area contributed by atoms with Crippen LogP contribution in [0, 0.1) is 0 Å². The summed E-state index contributed by atoms with van der Waals surface area (Å²) in [4.78, 5) is 53.8. The topological polar surface area (TPSA) is 213 Å². The summed E-state index contributed by atoms with van der Waals surface area (Å²) in [5.74, 6) is -0.0441. The lowest BCUT2D eigenvalue weighted by atomic mass is 10.2. The van der Waals surface area contributed by atoms with Gasteiger partial charge in [0.2, 0.25) is 36.1 Å². The molecule has 0 bridgehead atoms. The molecule has 1 fully saturated rings. The summed E-state index contributed by atoms with van der Waals surface area (Å²) < 4.78 is 11.2. The molecule has 2 atom stereocenters. The molecular formula is C16H13N9O5. The van der Waals surface area contributed by atoms with E-state index in [-0.39, 0.29) is 47.3 Å². The highest BCUT2D eigenvalue weighted by molar-refractivity contribution is 5.76. The Morgan fingerprint density at radius 3 is 2.17 bits per heavy atom. The van der Waals surface area contributed by atoms with Crippen LogP contribution in [0.3, 0.4) is 0 Å². The molecular weight excluding hydrogens is 398 g/mol. The molecule has 1 unspecified atom stereocenters. The number of hydrogen-bond donors (Lipinski definition) is 3. The van der Waals surface area contributed by atoms with Crippen LogP contribution in [0.5, 0.6) is 5.75 Å². The second-order valence-corrected chi connectivity index (χ2v) is 5.95. The number of ether oxygens (including phenoxy) is 2. The molecule has 14 nitrogen and oxygen atoms in total. The predicted molar refractivity (Wildman–Crippen MR) is 101 cm³/mol. The number of carbonyl (C=O) groups excluding carboxylic acids is 3. The number of nitrogens with zero attached hydrogens (tertiary/aromatic N) is 6. The van der Waals surface area contributed by atoms with E-state index in [1.54, 1.807) is 6.92 Å². The van der Waals surface area contributed by atoms with Crippen molar-refractivity contribution in [1.29, 1.82) is 0 Å². The summed E-state index contributed by atoms with van der Waals surface area (Å²) in [7, 11) is 0. The van der Waals surface area contributed by atoms with Crippen LogP contribution in [0.25, 0.3) is 0 Å². The van der Waals surface area contributed by atoms with Gasteiger partial charge >= 0.3 is 0 Å². The monoisotopic (exact) mass is 411 g/mol. The van der Waals surface area contributed by atoms with Crippen LogP contribution in [0.15, 0.2) is 27.1 Å². The number of rotatable bonds is 8. The molecule has 30 heavy (non-hydrogen) atoms. The third-order valence-corrected chi connectivity index (χ3v) is 3.89. The van der Waals surface area contributed by atoms with Crippen molar-refractivity contribution in [2.24, 2.45) is 15.0 Å². The smallest absolute Gasteiger partial charge is 0.240 e. The van der Waals surface area contributed by atoms with Crippen molar-refractivity contribution in [3.05, 3.63) is 12.1 Å². The molecule has 0 spiro atoms. The maximum Gasteiger partial charge on any atom is 0.240 e. The fourth-order valence-electron chi connectivity index (χ4n) is 2.52. The fourth-order valence-corrected chi connectivity index (χ4v) is 2.52. The van der Waals surface area contributed by atoms with Crippen LogP contribution >= 0.6 is 0 Å². The molecule has 0 radical (unpaired) electrons. The molecule has 1 aromatic heterocycles. The van der Waals surface area contributed by atoms with Gasteiger partial charge in [0, 0.05) is 0 Å². The number of aliphatic imine (C=N–C) groups is 3. The van der Waals surface area contributed by atoms with E-state index in [0.29, 0.717) is 0 Å². The summed E-state index contributed by atoms with van der Waals surface area (Å²) >= 11 is 0. The van der Waals surface area contributed by atoms with Crippen LogP contribution < -0.4 is 21.5 Å². The van der Waals surface area contributed by atoms with Crippen LogP contribution in [-0.2, 0) is 19.1 Å². The first-order valence-corrected chi connectivity index (χ1v) is 8.16. The van der Waals surface area contributed by atoms with Crippen molar-refractivity contribution in [2.75, 3.05) is 23.4 Å². The first-order valence-electron chi connectivity index (χ1n) is 8.16. The van der Waals surface area contributed by atoms with Crippen molar-refractivity contribution < 1.29 is 23.9 Å². The number of hydrogen-bond acceptors (Lipinski definition) is 14. The average molecular weight is 411 g/mol. The Hall–Kier alpha value is -4.47. The lowest BCUT2D eigenvalue weighted by Crippen LogP contribution is -2.26. The molecule has 1 saturated heterocycles. The minimum atomic E-state index is -0.913. The summed E-state index contributed by atoms with van der Waals surface area (Å²) in [5, 5.41) is 2.91. The van der Waals surface area contributed by atoms with Gasteiger partial charge in [0.1, 0.15) is 24.1 Å². The molecule has 3 rings (SSSR count). The molecule has 1 aromatic carbocycles.